The van der Waals surface area contributed by atoms with Crippen molar-refractivity contribution < 1.29 is 18.4 Å². The molecule has 20 heavy (non-hydrogen) atoms. The second-order valence-corrected chi connectivity index (χ2v) is 4.49. The first-order valence-electron chi connectivity index (χ1n) is 6.21. The maximum atomic E-state index is 12.9. The summed E-state index contributed by atoms with van der Waals surface area (Å²) < 4.78 is 38.6. The predicted octanol–water partition coefficient (Wildman–Crippen LogP) is 3.04. The minimum Gasteiger partial charge on any atom is -0.409 e. The van der Waals surface area contributed by atoms with Crippen molar-refractivity contribution in [3.63, 3.8) is 0 Å². The Bertz CT molecular complexity index is 486. The molecule has 0 amide bonds. The summed E-state index contributed by atoms with van der Waals surface area (Å²) in [7, 11) is 1.79. The van der Waals surface area contributed by atoms with E-state index in [1.54, 1.807) is 7.05 Å². The van der Waals surface area contributed by atoms with Gasteiger partial charge < -0.3 is 15.8 Å². The van der Waals surface area contributed by atoms with E-state index in [1.807, 2.05) is 11.8 Å². The van der Waals surface area contributed by atoms with Gasteiger partial charge >= 0.3 is 6.18 Å². The van der Waals surface area contributed by atoms with E-state index in [0.717, 1.165) is 25.5 Å². The summed E-state index contributed by atoms with van der Waals surface area (Å²) in [6.07, 6.45) is -2.64. The molecule has 1 aromatic carbocycles. The standard InChI is InChI=1S/C13H18F3N3O/c1-3-4-7-19(2)9-5-6-11(13(14,15)16)10(8-9)12(17)18-20/h5-6,8,20H,3-4,7H2,1-2H3,(H2,17,18). The van der Waals surface area contributed by atoms with Gasteiger partial charge in [0.05, 0.1) is 5.56 Å². The topological polar surface area (TPSA) is 61.8 Å². The van der Waals surface area contributed by atoms with Gasteiger partial charge in [-0.05, 0) is 24.6 Å². The van der Waals surface area contributed by atoms with Gasteiger partial charge in [-0.25, -0.2) is 0 Å². The lowest BCUT2D eigenvalue weighted by Crippen LogP contribution is -2.23. The normalized spacial score (nSPS) is 12.6. The summed E-state index contributed by atoms with van der Waals surface area (Å²) in [5, 5.41) is 11.3. The van der Waals surface area contributed by atoms with Crippen molar-refractivity contribution in [1.82, 2.24) is 0 Å². The van der Waals surface area contributed by atoms with Gasteiger partial charge in [-0.2, -0.15) is 13.2 Å². The second kappa shape index (κ2) is 6.49. The van der Waals surface area contributed by atoms with Crippen LogP contribution in [-0.4, -0.2) is 24.6 Å². The predicted molar refractivity (Wildman–Crippen MR) is 72.1 cm³/mol. The SMILES string of the molecule is CCCCN(C)c1ccc(C(F)(F)F)c(/C(N)=N/O)c1. The Labute approximate surface area is 115 Å². The molecule has 0 atom stereocenters. The summed E-state index contributed by atoms with van der Waals surface area (Å²) in [6.45, 7) is 2.75. The van der Waals surface area contributed by atoms with Crippen molar-refractivity contribution in [3.05, 3.63) is 29.3 Å². The number of amidine groups is 1. The van der Waals surface area contributed by atoms with Crippen LogP contribution >= 0.6 is 0 Å². The molecule has 112 valence electrons. The lowest BCUT2D eigenvalue weighted by Gasteiger charge is -2.21. The number of unbranched alkanes of at least 4 members (excludes halogenated alkanes) is 1. The quantitative estimate of drug-likeness (QED) is 0.379. The third kappa shape index (κ3) is 3.79. The Kier molecular flexibility index (Phi) is 5.24. The highest BCUT2D eigenvalue weighted by atomic mass is 19.4. The van der Waals surface area contributed by atoms with Crippen LogP contribution in [0.1, 0.15) is 30.9 Å². The van der Waals surface area contributed by atoms with Crippen LogP contribution in [0.25, 0.3) is 0 Å². The zero-order chi connectivity index (χ0) is 15.3. The first kappa shape index (κ1) is 16.1. The minimum atomic E-state index is -4.55. The first-order chi connectivity index (χ1) is 9.31. The van der Waals surface area contributed by atoms with E-state index < -0.39 is 17.6 Å². The molecule has 0 saturated heterocycles. The Morgan fingerprint density at radius 3 is 2.55 bits per heavy atom. The number of benzene rings is 1. The van der Waals surface area contributed by atoms with Crippen LogP contribution in [0, 0.1) is 0 Å². The molecular weight excluding hydrogens is 271 g/mol. The monoisotopic (exact) mass is 289 g/mol. The molecule has 0 aliphatic carbocycles. The molecule has 0 aromatic heterocycles. The Morgan fingerprint density at radius 2 is 2.05 bits per heavy atom. The molecule has 1 rings (SSSR count). The number of oxime groups is 1. The van der Waals surface area contributed by atoms with Gasteiger partial charge in [0.2, 0.25) is 0 Å². The van der Waals surface area contributed by atoms with Gasteiger partial charge in [0.25, 0.3) is 0 Å². The zero-order valence-electron chi connectivity index (χ0n) is 11.4. The van der Waals surface area contributed by atoms with Crippen LogP contribution in [-0.2, 0) is 6.18 Å². The summed E-state index contributed by atoms with van der Waals surface area (Å²) >= 11 is 0. The molecular formula is C13H18F3N3O. The lowest BCUT2D eigenvalue weighted by atomic mass is 10.0. The van der Waals surface area contributed by atoms with Crippen LogP contribution in [0.5, 0.6) is 0 Å². The molecule has 0 radical (unpaired) electrons. The van der Waals surface area contributed by atoms with E-state index >= 15 is 0 Å². The number of alkyl halides is 3. The van der Waals surface area contributed by atoms with Gasteiger partial charge in [0.15, 0.2) is 5.84 Å². The van der Waals surface area contributed by atoms with E-state index in [4.69, 9.17) is 10.9 Å². The lowest BCUT2D eigenvalue weighted by molar-refractivity contribution is -0.137. The highest BCUT2D eigenvalue weighted by molar-refractivity contribution is 5.99. The van der Waals surface area contributed by atoms with Crippen molar-refractivity contribution in [3.8, 4) is 0 Å². The highest BCUT2D eigenvalue weighted by Crippen LogP contribution is 2.33. The largest absolute Gasteiger partial charge is 0.417 e. The number of hydrogen-bond donors (Lipinski definition) is 2. The molecule has 0 aliphatic rings. The van der Waals surface area contributed by atoms with Gasteiger partial charge in [0, 0.05) is 24.8 Å². The van der Waals surface area contributed by atoms with E-state index in [1.165, 1.54) is 12.1 Å². The molecule has 0 unspecified atom stereocenters. The van der Waals surface area contributed by atoms with Crippen LogP contribution < -0.4 is 10.6 Å². The van der Waals surface area contributed by atoms with Crippen LogP contribution in [0.3, 0.4) is 0 Å². The molecule has 0 fully saturated rings. The van der Waals surface area contributed by atoms with E-state index in [0.29, 0.717) is 5.69 Å². The molecule has 0 aliphatic heterocycles. The maximum absolute atomic E-state index is 12.9. The van der Waals surface area contributed by atoms with Gasteiger partial charge in [0.1, 0.15) is 0 Å². The summed E-state index contributed by atoms with van der Waals surface area (Å²) in [6, 6.07) is 3.62. The molecule has 4 nitrogen and oxygen atoms in total. The van der Waals surface area contributed by atoms with Gasteiger partial charge in [-0.15, -0.1) is 0 Å². The average Bonchev–Trinajstić information content (AvgIpc) is 2.42. The van der Waals surface area contributed by atoms with Gasteiger partial charge in [-0.3, -0.25) is 0 Å². The van der Waals surface area contributed by atoms with Crippen molar-refractivity contribution >= 4 is 11.5 Å². The van der Waals surface area contributed by atoms with E-state index in [-0.39, 0.29) is 5.56 Å². The fraction of sp³-hybridized carbons (Fsp3) is 0.462. The Morgan fingerprint density at radius 1 is 1.40 bits per heavy atom. The number of halogens is 3. The molecule has 0 spiro atoms. The molecule has 0 heterocycles. The van der Waals surface area contributed by atoms with Crippen LogP contribution in [0.2, 0.25) is 0 Å². The van der Waals surface area contributed by atoms with Crippen LogP contribution in [0.4, 0.5) is 18.9 Å². The van der Waals surface area contributed by atoms with Crippen molar-refractivity contribution in [2.45, 2.75) is 25.9 Å². The minimum absolute atomic E-state index is 0.319. The number of hydrogen-bond acceptors (Lipinski definition) is 3. The van der Waals surface area contributed by atoms with Crippen molar-refractivity contribution in [2.24, 2.45) is 10.9 Å². The molecule has 0 saturated carbocycles. The zero-order valence-corrected chi connectivity index (χ0v) is 11.4. The third-order valence-corrected chi connectivity index (χ3v) is 2.98. The average molecular weight is 289 g/mol. The summed E-state index contributed by atoms with van der Waals surface area (Å²) in [5.74, 6) is -0.553. The van der Waals surface area contributed by atoms with Crippen molar-refractivity contribution in [2.75, 3.05) is 18.5 Å². The Hall–Kier alpha value is -1.92. The second-order valence-electron chi connectivity index (χ2n) is 4.49. The molecule has 3 N–H and O–H groups in total. The number of nitrogens with zero attached hydrogens (tertiary/aromatic N) is 2. The molecule has 0 bridgehead atoms. The third-order valence-electron chi connectivity index (χ3n) is 2.98. The molecule has 1 aromatic rings. The van der Waals surface area contributed by atoms with E-state index in [2.05, 4.69) is 5.16 Å². The fourth-order valence-corrected chi connectivity index (χ4v) is 1.81. The number of nitrogens with two attached hydrogens (primary N) is 1. The van der Waals surface area contributed by atoms with Crippen molar-refractivity contribution in [1.29, 1.82) is 0 Å². The fourth-order valence-electron chi connectivity index (χ4n) is 1.81. The van der Waals surface area contributed by atoms with Gasteiger partial charge in [-0.1, -0.05) is 18.5 Å². The summed E-state index contributed by atoms with van der Waals surface area (Å²) in [4.78, 5) is 1.83. The number of rotatable bonds is 5. The molecule has 7 heteroatoms. The van der Waals surface area contributed by atoms with Crippen LogP contribution in [0.15, 0.2) is 23.4 Å². The smallest absolute Gasteiger partial charge is 0.409 e. The maximum Gasteiger partial charge on any atom is 0.417 e. The highest BCUT2D eigenvalue weighted by Gasteiger charge is 2.34. The first-order valence-corrected chi connectivity index (χ1v) is 6.21. The number of anilines is 1. The summed E-state index contributed by atoms with van der Waals surface area (Å²) in [5.41, 5.74) is 4.70. The van der Waals surface area contributed by atoms with E-state index in [9.17, 15) is 13.2 Å². The Balaban J connectivity index is 3.21.